The van der Waals surface area contributed by atoms with Crippen LogP contribution in [0.5, 0.6) is 0 Å². The molecule has 1 rings (SSSR count). The van der Waals surface area contributed by atoms with Gasteiger partial charge in [0.25, 0.3) is 0 Å². The first-order valence-electron chi connectivity index (χ1n) is 4.59. The van der Waals surface area contributed by atoms with Crippen molar-refractivity contribution >= 4 is 0 Å². The van der Waals surface area contributed by atoms with Crippen LogP contribution in [0.1, 0.15) is 18.1 Å². The zero-order valence-corrected chi connectivity index (χ0v) is 8.22. The van der Waals surface area contributed by atoms with E-state index in [2.05, 4.69) is 48.3 Å². The highest BCUT2D eigenvalue weighted by Crippen LogP contribution is 2.03. The predicted octanol–water partition coefficient (Wildman–Crippen LogP) is 1.82. The number of benzene rings is 1. The topological polar surface area (TPSA) is 12.0 Å². The highest BCUT2D eigenvalue weighted by molar-refractivity contribution is 5.36. The zero-order chi connectivity index (χ0) is 9.52. The van der Waals surface area contributed by atoms with Crippen molar-refractivity contribution in [3.8, 4) is 11.8 Å². The molecule has 0 fully saturated rings. The summed E-state index contributed by atoms with van der Waals surface area (Å²) in [4.78, 5) is 0. The zero-order valence-electron chi connectivity index (χ0n) is 8.22. The Hall–Kier alpha value is -1.26. The molecule has 0 aromatic heterocycles. The molecule has 0 atom stereocenters. The molecule has 0 aliphatic heterocycles. The quantitative estimate of drug-likeness (QED) is 0.673. The molecule has 0 spiro atoms. The summed E-state index contributed by atoms with van der Waals surface area (Å²) >= 11 is 0. The van der Waals surface area contributed by atoms with Crippen molar-refractivity contribution in [1.82, 2.24) is 5.32 Å². The van der Waals surface area contributed by atoms with E-state index in [-0.39, 0.29) is 0 Å². The van der Waals surface area contributed by atoms with Gasteiger partial charge < -0.3 is 5.32 Å². The Labute approximate surface area is 80.2 Å². The summed E-state index contributed by atoms with van der Waals surface area (Å²) in [6.07, 6.45) is 1.09. The smallest absolute Gasteiger partial charge is 0.0577 e. The third kappa shape index (κ3) is 3.31. The Morgan fingerprint density at radius 3 is 2.46 bits per heavy atom. The third-order valence-corrected chi connectivity index (χ3v) is 1.86. The van der Waals surface area contributed by atoms with Gasteiger partial charge in [0, 0.05) is 5.56 Å². The minimum absolute atomic E-state index is 0.746. The fourth-order valence-electron chi connectivity index (χ4n) is 1.06. The first kappa shape index (κ1) is 9.83. The fourth-order valence-corrected chi connectivity index (χ4v) is 1.06. The molecule has 0 amide bonds. The molecule has 0 unspecified atom stereocenters. The molecule has 0 aliphatic carbocycles. The van der Waals surface area contributed by atoms with Crippen LogP contribution in [0.4, 0.5) is 0 Å². The number of hydrogen-bond acceptors (Lipinski definition) is 1. The Morgan fingerprint density at radius 2 is 1.92 bits per heavy atom. The van der Waals surface area contributed by atoms with E-state index < -0.39 is 0 Å². The lowest BCUT2D eigenvalue weighted by atomic mass is 10.1. The van der Waals surface area contributed by atoms with Crippen LogP contribution < -0.4 is 5.32 Å². The Bertz CT molecular complexity index is 300. The van der Waals surface area contributed by atoms with E-state index >= 15 is 0 Å². The number of nitrogens with one attached hydrogen (secondary N) is 1. The summed E-state index contributed by atoms with van der Waals surface area (Å²) in [6.45, 7) is 2.90. The first-order chi connectivity index (χ1) is 6.36. The lowest BCUT2D eigenvalue weighted by Gasteiger charge is -1.94. The van der Waals surface area contributed by atoms with Crippen LogP contribution in [0, 0.1) is 11.8 Å². The van der Waals surface area contributed by atoms with Crippen molar-refractivity contribution in [2.45, 2.75) is 13.3 Å². The molecule has 1 aromatic carbocycles. The van der Waals surface area contributed by atoms with E-state index in [1.807, 2.05) is 7.05 Å². The average Bonchev–Trinajstić information content (AvgIpc) is 2.19. The standard InChI is InChI=1S/C12H15N/c1-3-11-6-8-12(9-7-11)5-4-10-13-2/h6-9,13H,3,10H2,1-2H3. The van der Waals surface area contributed by atoms with Crippen LogP contribution in [0.2, 0.25) is 0 Å². The number of hydrogen-bond donors (Lipinski definition) is 1. The molecule has 0 radical (unpaired) electrons. The monoisotopic (exact) mass is 173 g/mol. The Morgan fingerprint density at radius 1 is 1.23 bits per heavy atom. The van der Waals surface area contributed by atoms with Crippen molar-refractivity contribution in [2.24, 2.45) is 0 Å². The second kappa shape index (κ2) is 5.40. The first-order valence-corrected chi connectivity index (χ1v) is 4.59. The molecule has 0 bridgehead atoms. The number of rotatable bonds is 2. The molecule has 0 aliphatic rings. The minimum atomic E-state index is 0.746. The van der Waals surface area contributed by atoms with Crippen LogP contribution in [0.25, 0.3) is 0 Å². The van der Waals surface area contributed by atoms with Crippen molar-refractivity contribution in [3.63, 3.8) is 0 Å². The third-order valence-electron chi connectivity index (χ3n) is 1.86. The van der Waals surface area contributed by atoms with Gasteiger partial charge in [-0.05, 0) is 31.2 Å². The van der Waals surface area contributed by atoms with Gasteiger partial charge in [0.05, 0.1) is 6.54 Å². The highest BCUT2D eigenvalue weighted by Gasteiger charge is 1.87. The maximum Gasteiger partial charge on any atom is 0.0577 e. The predicted molar refractivity (Wildman–Crippen MR) is 56.6 cm³/mol. The summed E-state index contributed by atoms with van der Waals surface area (Å²) in [5, 5.41) is 2.99. The molecule has 0 heterocycles. The van der Waals surface area contributed by atoms with Crippen LogP contribution in [0.3, 0.4) is 0 Å². The Kier molecular flexibility index (Phi) is 4.08. The Balaban J connectivity index is 2.65. The molecule has 13 heavy (non-hydrogen) atoms. The average molecular weight is 173 g/mol. The van der Waals surface area contributed by atoms with Crippen molar-refractivity contribution in [2.75, 3.05) is 13.6 Å². The van der Waals surface area contributed by atoms with Crippen LogP contribution in [-0.4, -0.2) is 13.6 Å². The van der Waals surface area contributed by atoms with Gasteiger partial charge in [-0.25, -0.2) is 0 Å². The molecule has 68 valence electrons. The number of aryl methyl sites for hydroxylation is 1. The van der Waals surface area contributed by atoms with Gasteiger partial charge in [-0.15, -0.1) is 0 Å². The maximum atomic E-state index is 3.08. The van der Waals surface area contributed by atoms with E-state index in [0.29, 0.717) is 0 Å². The van der Waals surface area contributed by atoms with Crippen LogP contribution >= 0.6 is 0 Å². The molecule has 0 saturated heterocycles. The van der Waals surface area contributed by atoms with Gasteiger partial charge in [0.15, 0.2) is 0 Å². The van der Waals surface area contributed by atoms with E-state index in [1.54, 1.807) is 0 Å². The van der Waals surface area contributed by atoms with E-state index in [0.717, 1.165) is 18.5 Å². The van der Waals surface area contributed by atoms with Crippen LogP contribution in [-0.2, 0) is 6.42 Å². The minimum Gasteiger partial charge on any atom is -0.309 e. The summed E-state index contributed by atoms with van der Waals surface area (Å²) in [5.41, 5.74) is 2.45. The normalized spacial score (nSPS) is 9.08. The largest absolute Gasteiger partial charge is 0.309 e. The molecule has 1 aromatic rings. The summed E-state index contributed by atoms with van der Waals surface area (Å²) < 4.78 is 0. The lowest BCUT2D eigenvalue weighted by molar-refractivity contribution is 0.938. The van der Waals surface area contributed by atoms with E-state index in [1.165, 1.54) is 5.56 Å². The SMILES string of the molecule is CCc1ccc(C#CCNC)cc1. The summed E-state index contributed by atoms with van der Waals surface area (Å²) in [5.74, 6) is 6.11. The maximum absolute atomic E-state index is 3.08. The van der Waals surface area contributed by atoms with Crippen LogP contribution in [0.15, 0.2) is 24.3 Å². The van der Waals surface area contributed by atoms with Crippen molar-refractivity contribution in [1.29, 1.82) is 0 Å². The van der Waals surface area contributed by atoms with E-state index in [4.69, 9.17) is 0 Å². The fraction of sp³-hybridized carbons (Fsp3) is 0.333. The molecular weight excluding hydrogens is 158 g/mol. The molecule has 1 heteroatoms. The van der Waals surface area contributed by atoms with Crippen molar-refractivity contribution in [3.05, 3.63) is 35.4 Å². The second-order valence-electron chi connectivity index (χ2n) is 2.88. The molecule has 0 saturated carbocycles. The van der Waals surface area contributed by atoms with Gasteiger partial charge in [0.2, 0.25) is 0 Å². The summed E-state index contributed by atoms with van der Waals surface area (Å²) in [7, 11) is 1.90. The molecular formula is C12H15N. The molecule has 1 N–H and O–H groups in total. The lowest BCUT2D eigenvalue weighted by Crippen LogP contribution is -2.04. The van der Waals surface area contributed by atoms with E-state index in [9.17, 15) is 0 Å². The van der Waals surface area contributed by atoms with Gasteiger partial charge in [-0.2, -0.15) is 0 Å². The second-order valence-corrected chi connectivity index (χ2v) is 2.88. The van der Waals surface area contributed by atoms with Gasteiger partial charge >= 0.3 is 0 Å². The van der Waals surface area contributed by atoms with Gasteiger partial charge in [-0.1, -0.05) is 30.9 Å². The van der Waals surface area contributed by atoms with Gasteiger partial charge in [-0.3, -0.25) is 0 Å². The van der Waals surface area contributed by atoms with Crippen molar-refractivity contribution < 1.29 is 0 Å². The summed E-state index contributed by atoms with van der Waals surface area (Å²) in [6, 6.07) is 8.40. The highest BCUT2D eigenvalue weighted by atomic mass is 14.8. The molecule has 1 nitrogen and oxygen atoms in total. The van der Waals surface area contributed by atoms with Gasteiger partial charge in [0.1, 0.15) is 0 Å².